The van der Waals surface area contributed by atoms with E-state index in [-0.39, 0.29) is 0 Å². The highest BCUT2D eigenvalue weighted by atomic mass is 79.9. The molecule has 0 N–H and O–H groups in total. The Kier molecular flexibility index (Phi) is 4.86. The Hall–Kier alpha value is -1.48. The summed E-state index contributed by atoms with van der Waals surface area (Å²) in [5.74, 6) is 1.77. The summed E-state index contributed by atoms with van der Waals surface area (Å²) < 4.78 is 11.1. The van der Waals surface area contributed by atoms with Gasteiger partial charge in [0.15, 0.2) is 0 Å². The molecular formula is C16H17BrO2. The third kappa shape index (κ3) is 3.74. The standard InChI is InChI=1S/C16H17BrO2/c1-12-6-7-16(14(8-12)10-17)19-11-13-4-3-5-15(9-13)18-2/h3-9H,10-11H2,1-2H3. The number of hydrogen-bond acceptors (Lipinski definition) is 2. The molecule has 0 saturated carbocycles. The summed E-state index contributed by atoms with van der Waals surface area (Å²) in [4.78, 5) is 0. The number of methoxy groups -OCH3 is 1. The van der Waals surface area contributed by atoms with Crippen LogP contribution < -0.4 is 9.47 Å². The smallest absolute Gasteiger partial charge is 0.123 e. The highest BCUT2D eigenvalue weighted by Gasteiger charge is 2.04. The lowest BCUT2D eigenvalue weighted by molar-refractivity contribution is 0.303. The Morgan fingerprint density at radius 3 is 2.68 bits per heavy atom. The average molecular weight is 321 g/mol. The number of aryl methyl sites for hydroxylation is 1. The van der Waals surface area contributed by atoms with Crippen LogP contribution in [0, 0.1) is 6.92 Å². The highest BCUT2D eigenvalue weighted by molar-refractivity contribution is 9.08. The van der Waals surface area contributed by atoms with Gasteiger partial charge in [0.05, 0.1) is 7.11 Å². The third-order valence-electron chi connectivity index (χ3n) is 2.89. The Morgan fingerprint density at radius 2 is 1.95 bits per heavy atom. The molecule has 0 spiro atoms. The van der Waals surface area contributed by atoms with Crippen molar-refractivity contribution in [2.24, 2.45) is 0 Å². The Balaban J connectivity index is 2.09. The van der Waals surface area contributed by atoms with Gasteiger partial charge in [-0.05, 0) is 30.7 Å². The van der Waals surface area contributed by atoms with Crippen LogP contribution in [0.3, 0.4) is 0 Å². The maximum atomic E-state index is 5.88. The topological polar surface area (TPSA) is 18.5 Å². The lowest BCUT2D eigenvalue weighted by Gasteiger charge is -2.11. The van der Waals surface area contributed by atoms with Gasteiger partial charge in [0, 0.05) is 10.9 Å². The quantitative estimate of drug-likeness (QED) is 0.756. The fourth-order valence-electron chi connectivity index (χ4n) is 1.88. The van der Waals surface area contributed by atoms with Gasteiger partial charge >= 0.3 is 0 Å². The second kappa shape index (κ2) is 6.62. The van der Waals surface area contributed by atoms with Gasteiger partial charge in [-0.25, -0.2) is 0 Å². The van der Waals surface area contributed by atoms with Crippen LogP contribution in [0.15, 0.2) is 42.5 Å². The van der Waals surface area contributed by atoms with E-state index in [0.29, 0.717) is 6.61 Å². The van der Waals surface area contributed by atoms with E-state index in [0.717, 1.165) is 22.4 Å². The van der Waals surface area contributed by atoms with Crippen LogP contribution in [0.5, 0.6) is 11.5 Å². The largest absolute Gasteiger partial charge is 0.497 e. The molecule has 0 radical (unpaired) electrons. The van der Waals surface area contributed by atoms with Crippen molar-refractivity contribution in [2.75, 3.05) is 7.11 Å². The minimum absolute atomic E-state index is 0.542. The minimum atomic E-state index is 0.542. The van der Waals surface area contributed by atoms with Gasteiger partial charge in [-0.1, -0.05) is 45.8 Å². The van der Waals surface area contributed by atoms with Crippen LogP contribution in [-0.4, -0.2) is 7.11 Å². The van der Waals surface area contributed by atoms with Gasteiger partial charge in [0.2, 0.25) is 0 Å². The van der Waals surface area contributed by atoms with Crippen molar-refractivity contribution in [3.63, 3.8) is 0 Å². The van der Waals surface area contributed by atoms with E-state index in [2.05, 4.69) is 35.0 Å². The minimum Gasteiger partial charge on any atom is -0.497 e. The molecular weight excluding hydrogens is 304 g/mol. The van der Waals surface area contributed by atoms with Gasteiger partial charge in [-0.2, -0.15) is 0 Å². The van der Waals surface area contributed by atoms with E-state index in [1.165, 1.54) is 11.1 Å². The van der Waals surface area contributed by atoms with Gasteiger partial charge in [0.25, 0.3) is 0 Å². The lowest BCUT2D eigenvalue weighted by Crippen LogP contribution is -1.98. The van der Waals surface area contributed by atoms with Crippen molar-refractivity contribution >= 4 is 15.9 Å². The molecule has 0 amide bonds. The maximum absolute atomic E-state index is 5.88. The van der Waals surface area contributed by atoms with Crippen LogP contribution in [0.4, 0.5) is 0 Å². The summed E-state index contributed by atoms with van der Waals surface area (Å²) in [6.07, 6.45) is 0. The van der Waals surface area contributed by atoms with E-state index >= 15 is 0 Å². The summed E-state index contributed by atoms with van der Waals surface area (Å²) in [5.41, 5.74) is 3.51. The number of alkyl halides is 1. The molecule has 0 aliphatic carbocycles. The fraction of sp³-hybridized carbons (Fsp3) is 0.250. The normalized spacial score (nSPS) is 10.3. The first-order valence-corrected chi connectivity index (χ1v) is 7.26. The molecule has 2 nitrogen and oxygen atoms in total. The van der Waals surface area contributed by atoms with Crippen LogP contribution >= 0.6 is 15.9 Å². The van der Waals surface area contributed by atoms with Crippen molar-refractivity contribution in [1.82, 2.24) is 0 Å². The summed E-state index contributed by atoms with van der Waals surface area (Å²) in [6, 6.07) is 14.1. The first-order valence-electron chi connectivity index (χ1n) is 6.14. The van der Waals surface area contributed by atoms with Crippen molar-refractivity contribution < 1.29 is 9.47 Å². The summed E-state index contributed by atoms with van der Waals surface area (Å²) in [6.45, 7) is 2.62. The lowest BCUT2D eigenvalue weighted by atomic mass is 10.1. The van der Waals surface area contributed by atoms with Crippen LogP contribution in [0.25, 0.3) is 0 Å². The first-order chi connectivity index (χ1) is 9.22. The molecule has 3 heteroatoms. The summed E-state index contributed by atoms with van der Waals surface area (Å²) in [7, 11) is 1.67. The zero-order valence-electron chi connectivity index (χ0n) is 11.2. The molecule has 100 valence electrons. The van der Waals surface area contributed by atoms with Crippen molar-refractivity contribution in [1.29, 1.82) is 0 Å². The van der Waals surface area contributed by atoms with E-state index in [1.807, 2.05) is 30.3 Å². The van der Waals surface area contributed by atoms with Crippen LogP contribution in [-0.2, 0) is 11.9 Å². The third-order valence-corrected chi connectivity index (χ3v) is 3.49. The first kappa shape index (κ1) is 13.9. The molecule has 0 heterocycles. The Bertz CT molecular complexity index is 552. The monoisotopic (exact) mass is 320 g/mol. The van der Waals surface area contributed by atoms with Gasteiger partial charge in [0.1, 0.15) is 18.1 Å². The molecule has 0 unspecified atom stereocenters. The predicted molar refractivity (Wildman–Crippen MR) is 81.1 cm³/mol. The van der Waals surface area contributed by atoms with Crippen molar-refractivity contribution in [3.8, 4) is 11.5 Å². The molecule has 0 aliphatic rings. The maximum Gasteiger partial charge on any atom is 0.123 e. The second-order valence-electron chi connectivity index (χ2n) is 4.39. The molecule has 2 aromatic carbocycles. The zero-order chi connectivity index (χ0) is 13.7. The molecule has 0 fully saturated rings. The number of rotatable bonds is 5. The number of benzene rings is 2. The molecule has 0 atom stereocenters. The molecule has 0 aliphatic heterocycles. The number of hydrogen-bond donors (Lipinski definition) is 0. The van der Waals surface area contributed by atoms with Crippen molar-refractivity contribution in [2.45, 2.75) is 18.9 Å². The Morgan fingerprint density at radius 1 is 1.11 bits per heavy atom. The Labute approximate surface area is 122 Å². The van der Waals surface area contributed by atoms with E-state index < -0.39 is 0 Å². The molecule has 0 aromatic heterocycles. The molecule has 0 bridgehead atoms. The highest BCUT2D eigenvalue weighted by Crippen LogP contribution is 2.24. The van der Waals surface area contributed by atoms with Crippen LogP contribution in [0.1, 0.15) is 16.7 Å². The summed E-state index contributed by atoms with van der Waals surface area (Å²) >= 11 is 3.49. The SMILES string of the molecule is COc1cccc(COc2ccc(C)cc2CBr)c1. The van der Waals surface area contributed by atoms with Crippen molar-refractivity contribution in [3.05, 3.63) is 59.2 Å². The van der Waals surface area contributed by atoms with Gasteiger partial charge < -0.3 is 9.47 Å². The number of halogens is 1. The van der Waals surface area contributed by atoms with Gasteiger partial charge in [-0.3, -0.25) is 0 Å². The van der Waals surface area contributed by atoms with E-state index in [9.17, 15) is 0 Å². The average Bonchev–Trinajstić information content (AvgIpc) is 2.46. The second-order valence-corrected chi connectivity index (χ2v) is 4.95. The molecule has 2 rings (SSSR count). The predicted octanol–water partition coefficient (Wildman–Crippen LogP) is 4.48. The van der Waals surface area contributed by atoms with Crippen LogP contribution in [0.2, 0.25) is 0 Å². The number of ether oxygens (including phenoxy) is 2. The molecule has 19 heavy (non-hydrogen) atoms. The summed E-state index contributed by atoms with van der Waals surface area (Å²) in [5, 5.41) is 0.794. The van der Waals surface area contributed by atoms with E-state index in [4.69, 9.17) is 9.47 Å². The van der Waals surface area contributed by atoms with Gasteiger partial charge in [-0.15, -0.1) is 0 Å². The molecule has 2 aromatic rings. The fourth-order valence-corrected chi connectivity index (χ4v) is 2.32. The zero-order valence-corrected chi connectivity index (χ0v) is 12.7. The van der Waals surface area contributed by atoms with E-state index in [1.54, 1.807) is 7.11 Å². The molecule has 0 saturated heterocycles.